The number of ether oxygens (including phenoxy) is 3. The monoisotopic (exact) mass is 610 g/mol. The fraction of sp³-hybridized carbons (Fsp3) is 0.857. The van der Waals surface area contributed by atoms with Gasteiger partial charge in [-0.2, -0.15) is 37.9 Å². The van der Waals surface area contributed by atoms with Crippen molar-refractivity contribution in [1.82, 2.24) is 0 Å². The van der Waals surface area contributed by atoms with E-state index in [4.69, 9.17) is 19.3 Å². The molecule has 0 aromatic carbocycles. The van der Waals surface area contributed by atoms with Crippen molar-refractivity contribution in [3.8, 4) is 0 Å². The highest BCUT2D eigenvalue weighted by atomic mass is 32.1. The lowest BCUT2D eigenvalue weighted by atomic mass is 9.73. The molecule has 0 fully saturated rings. The molecule has 0 rings (SSSR count). The van der Waals surface area contributed by atoms with Gasteiger partial charge < -0.3 is 19.3 Å². The summed E-state index contributed by atoms with van der Waals surface area (Å²) in [5.74, 6) is -3.89. The van der Waals surface area contributed by atoms with Crippen LogP contribution in [0.2, 0.25) is 0 Å². The van der Waals surface area contributed by atoms with Crippen LogP contribution in [0.3, 0.4) is 0 Å². The fourth-order valence-electron chi connectivity index (χ4n) is 4.61. The van der Waals surface area contributed by atoms with Gasteiger partial charge in [0, 0.05) is 30.1 Å². The number of thiol groups is 3. The zero-order valence-electron chi connectivity index (χ0n) is 23.7. The summed E-state index contributed by atoms with van der Waals surface area (Å²) in [6, 6.07) is 0. The van der Waals surface area contributed by atoms with E-state index in [1.165, 1.54) is 0 Å². The summed E-state index contributed by atoms with van der Waals surface area (Å²) in [4.78, 5) is 51.0. The van der Waals surface area contributed by atoms with Gasteiger partial charge in [-0.15, -0.1) is 0 Å². The van der Waals surface area contributed by atoms with E-state index in [0.717, 1.165) is 38.5 Å². The standard InChI is InChI=1S/C28H50O8S3/c1-3-5-7-9-13-22(26(32)34-17-19-37)28(21-39,36-25(31)16-12-11-15-24(29)30)23(14-10-8-6-4-2)27(33)35-18-20-38/h22-23,37-39H,3-21H2,1-2H3,(H,29,30). The van der Waals surface area contributed by atoms with Gasteiger partial charge in [0.1, 0.15) is 18.8 Å². The quantitative estimate of drug-likeness (QED) is 0.0433. The van der Waals surface area contributed by atoms with Crippen LogP contribution in [0.25, 0.3) is 0 Å². The lowest BCUT2D eigenvalue weighted by Gasteiger charge is -2.42. The molecule has 8 nitrogen and oxygen atoms in total. The third-order valence-corrected chi connectivity index (χ3v) is 7.54. The molecule has 0 spiro atoms. The van der Waals surface area contributed by atoms with Crippen LogP contribution in [0.1, 0.15) is 104 Å². The lowest BCUT2D eigenvalue weighted by Crippen LogP contribution is -2.56. The third kappa shape index (κ3) is 15.5. The second-order valence-corrected chi connectivity index (χ2v) is 11.0. The van der Waals surface area contributed by atoms with Crippen molar-refractivity contribution in [2.75, 3.05) is 30.5 Å². The average Bonchev–Trinajstić information content (AvgIpc) is 2.91. The van der Waals surface area contributed by atoms with Crippen LogP contribution in [0.5, 0.6) is 0 Å². The SMILES string of the molecule is CCCCCCC(C(=O)OCCS)C(CS)(OC(=O)CCCCC(=O)O)C(CCCCCC)C(=O)OCCS. The number of hydrogen-bond acceptors (Lipinski definition) is 10. The molecule has 0 aromatic heterocycles. The first-order valence-electron chi connectivity index (χ1n) is 14.3. The molecular weight excluding hydrogens is 561 g/mol. The molecule has 0 aliphatic carbocycles. The van der Waals surface area contributed by atoms with Crippen LogP contribution in [0, 0.1) is 11.8 Å². The van der Waals surface area contributed by atoms with Gasteiger partial charge in [0.15, 0.2) is 0 Å². The van der Waals surface area contributed by atoms with Gasteiger partial charge in [-0.1, -0.05) is 65.2 Å². The minimum absolute atomic E-state index is 0.0364. The van der Waals surface area contributed by atoms with E-state index in [1.807, 2.05) is 0 Å². The Hall–Kier alpha value is -1.07. The molecule has 39 heavy (non-hydrogen) atoms. The van der Waals surface area contributed by atoms with E-state index in [1.54, 1.807) is 0 Å². The Bertz CT molecular complexity index is 668. The second-order valence-electron chi connectivity index (χ2n) is 9.77. The molecule has 2 unspecified atom stereocenters. The average molecular weight is 611 g/mol. The van der Waals surface area contributed by atoms with E-state index in [9.17, 15) is 19.2 Å². The molecule has 0 aliphatic rings. The van der Waals surface area contributed by atoms with Gasteiger partial charge in [0.25, 0.3) is 0 Å². The van der Waals surface area contributed by atoms with Crippen LogP contribution >= 0.6 is 37.9 Å². The number of esters is 3. The van der Waals surface area contributed by atoms with Gasteiger partial charge in [-0.25, -0.2) is 0 Å². The van der Waals surface area contributed by atoms with Gasteiger partial charge >= 0.3 is 23.9 Å². The van der Waals surface area contributed by atoms with Crippen molar-refractivity contribution in [3.05, 3.63) is 0 Å². The zero-order valence-corrected chi connectivity index (χ0v) is 26.4. The number of carbonyl (C=O) groups is 4. The Morgan fingerprint density at radius 3 is 1.54 bits per heavy atom. The van der Waals surface area contributed by atoms with E-state index in [-0.39, 0.29) is 31.8 Å². The Labute approximate surface area is 251 Å². The number of hydrogen-bond donors (Lipinski definition) is 4. The molecule has 11 heteroatoms. The molecule has 0 aromatic rings. The summed E-state index contributed by atoms with van der Waals surface area (Å²) >= 11 is 12.9. The Balaban J connectivity index is 6.44. The molecule has 0 saturated heterocycles. The van der Waals surface area contributed by atoms with Crippen molar-refractivity contribution < 1.29 is 38.5 Å². The minimum Gasteiger partial charge on any atom is -0.481 e. The first-order chi connectivity index (χ1) is 18.7. The summed E-state index contributed by atoms with van der Waals surface area (Å²) in [5.41, 5.74) is -1.58. The smallest absolute Gasteiger partial charge is 0.313 e. The number of aliphatic carboxylic acids is 1. The van der Waals surface area contributed by atoms with Crippen LogP contribution < -0.4 is 0 Å². The highest BCUT2D eigenvalue weighted by Crippen LogP contribution is 2.40. The number of unbranched alkanes of at least 4 members (excludes halogenated alkanes) is 7. The van der Waals surface area contributed by atoms with Crippen LogP contribution in [0.4, 0.5) is 0 Å². The molecule has 0 radical (unpaired) electrons. The summed E-state index contributed by atoms with van der Waals surface area (Å²) in [6.07, 6.45) is 8.38. The zero-order chi connectivity index (χ0) is 29.5. The largest absolute Gasteiger partial charge is 0.481 e. The second kappa shape index (κ2) is 23.6. The fourth-order valence-corrected chi connectivity index (χ4v) is 5.30. The van der Waals surface area contributed by atoms with Gasteiger partial charge in [-0.3, -0.25) is 19.2 Å². The molecule has 228 valence electrons. The highest BCUT2D eigenvalue weighted by Gasteiger charge is 2.54. The summed E-state index contributed by atoms with van der Waals surface area (Å²) < 4.78 is 17.1. The normalized spacial score (nSPS) is 14.2. The van der Waals surface area contributed by atoms with Crippen molar-refractivity contribution >= 4 is 61.8 Å². The van der Waals surface area contributed by atoms with Crippen LogP contribution in [-0.4, -0.2) is 65.1 Å². The van der Waals surface area contributed by atoms with E-state index in [0.29, 0.717) is 50.0 Å². The van der Waals surface area contributed by atoms with Crippen molar-refractivity contribution in [3.63, 3.8) is 0 Å². The molecule has 1 N–H and O–H groups in total. The number of carboxylic acids is 1. The Morgan fingerprint density at radius 2 is 1.15 bits per heavy atom. The predicted molar refractivity (Wildman–Crippen MR) is 163 cm³/mol. The van der Waals surface area contributed by atoms with E-state index >= 15 is 0 Å². The summed E-state index contributed by atoms with van der Waals surface area (Å²) in [7, 11) is 0. The molecule has 2 atom stereocenters. The summed E-state index contributed by atoms with van der Waals surface area (Å²) in [6.45, 7) is 4.35. The number of rotatable bonds is 25. The van der Waals surface area contributed by atoms with Crippen molar-refractivity contribution in [2.45, 2.75) is 109 Å². The van der Waals surface area contributed by atoms with Gasteiger partial charge in [-0.05, 0) is 25.7 Å². The number of carboxylic acid groups (broad SMARTS) is 1. The molecule has 0 saturated carbocycles. The lowest BCUT2D eigenvalue weighted by molar-refractivity contribution is -0.189. The predicted octanol–water partition coefficient (Wildman–Crippen LogP) is 5.96. The first-order valence-corrected chi connectivity index (χ1v) is 16.2. The van der Waals surface area contributed by atoms with Gasteiger partial charge in [0.05, 0.1) is 11.8 Å². The summed E-state index contributed by atoms with van der Waals surface area (Å²) in [5, 5.41) is 8.91. The molecule has 0 heterocycles. The minimum atomic E-state index is -1.58. The molecular formula is C28H50O8S3. The first kappa shape index (κ1) is 37.9. The Kier molecular flexibility index (Phi) is 23.0. The van der Waals surface area contributed by atoms with Crippen molar-refractivity contribution in [2.24, 2.45) is 11.8 Å². The molecule has 0 bridgehead atoms. The highest BCUT2D eigenvalue weighted by molar-refractivity contribution is 7.80. The molecule has 0 amide bonds. The topological polar surface area (TPSA) is 116 Å². The Morgan fingerprint density at radius 1 is 0.692 bits per heavy atom. The maximum atomic E-state index is 13.5. The van der Waals surface area contributed by atoms with Gasteiger partial charge in [0.2, 0.25) is 0 Å². The van der Waals surface area contributed by atoms with E-state index < -0.39 is 41.3 Å². The third-order valence-electron chi connectivity index (χ3n) is 6.69. The van der Waals surface area contributed by atoms with Crippen molar-refractivity contribution in [1.29, 1.82) is 0 Å². The maximum Gasteiger partial charge on any atom is 0.313 e. The molecule has 0 aliphatic heterocycles. The van der Waals surface area contributed by atoms with Crippen LogP contribution in [0.15, 0.2) is 0 Å². The van der Waals surface area contributed by atoms with Crippen LogP contribution in [-0.2, 0) is 33.4 Å². The maximum absolute atomic E-state index is 13.5. The number of carbonyl (C=O) groups excluding carboxylic acids is 3. The van der Waals surface area contributed by atoms with E-state index in [2.05, 4.69) is 51.7 Å².